The Labute approximate surface area is 248 Å². The molecule has 0 radical (unpaired) electrons. The van der Waals surface area contributed by atoms with Crippen molar-refractivity contribution in [3.63, 3.8) is 0 Å². The van der Waals surface area contributed by atoms with Gasteiger partial charge in [0.2, 0.25) is 0 Å². The highest BCUT2D eigenvalue weighted by Gasteiger charge is 2.20. The van der Waals surface area contributed by atoms with Gasteiger partial charge in [-0.15, -0.1) is 11.3 Å². The van der Waals surface area contributed by atoms with E-state index in [4.69, 9.17) is 4.98 Å². The summed E-state index contributed by atoms with van der Waals surface area (Å²) in [4.78, 5) is 10.7. The van der Waals surface area contributed by atoms with Crippen LogP contribution < -0.4 is 10.6 Å². The minimum atomic E-state index is -0.347. The Kier molecular flexibility index (Phi) is 10.7. The second kappa shape index (κ2) is 14.0. The van der Waals surface area contributed by atoms with Crippen LogP contribution in [0.1, 0.15) is 65.3 Å². The summed E-state index contributed by atoms with van der Waals surface area (Å²) >= 11 is 1.71. The van der Waals surface area contributed by atoms with Gasteiger partial charge in [-0.3, -0.25) is 0 Å². The normalized spacial score (nSPS) is 12.4. The molecule has 0 aliphatic carbocycles. The maximum Gasteiger partial charge on any atom is 0.138 e. The number of aryl methyl sites for hydroxylation is 2. The van der Waals surface area contributed by atoms with E-state index in [1.165, 1.54) is 10.9 Å². The predicted octanol–water partition coefficient (Wildman–Crippen LogP) is 9.57. The second-order valence-corrected chi connectivity index (χ2v) is 11.6. The van der Waals surface area contributed by atoms with E-state index in [-0.39, 0.29) is 5.82 Å². The summed E-state index contributed by atoms with van der Waals surface area (Å²) < 4.78 is 15.5. The van der Waals surface area contributed by atoms with Gasteiger partial charge >= 0.3 is 0 Å². The number of thiophene rings is 1. The van der Waals surface area contributed by atoms with E-state index < -0.39 is 0 Å². The van der Waals surface area contributed by atoms with Gasteiger partial charge in [-0.2, -0.15) is 0 Å². The molecule has 3 rings (SSSR count). The Morgan fingerprint density at radius 2 is 1.88 bits per heavy atom. The minimum absolute atomic E-state index is 0.347. The molecule has 0 aliphatic heterocycles. The molecule has 6 heteroatoms. The van der Waals surface area contributed by atoms with Gasteiger partial charge < -0.3 is 15.6 Å². The number of H-pyrrole nitrogens is 1. The molecule has 0 amide bonds. The quantitative estimate of drug-likeness (QED) is 0.180. The Balaban J connectivity index is 2.05. The highest BCUT2D eigenvalue weighted by atomic mass is 32.1. The van der Waals surface area contributed by atoms with Gasteiger partial charge in [0.1, 0.15) is 11.6 Å². The van der Waals surface area contributed by atoms with E-state index in [1.807, 2.05) is 38.1 Å². The predicted molar refractivity (Wildman–Crippen MR) is 177 cm³/mol. The molecule has 0 aliphatic rings. The molecule has 4 nitrogen and oxygen atoms in total. The van der Waals surface area contributed by atoms with E-state index in [9.17, 15) is 0 Å². The lowest BCUT2D eigenvalue weighted by atomic mass is 9.96. The fourth-order valence-corrected chi connectivity index (χ4v) is 5.49. The minimum Gasteiger partial charge on any atom is -0.388 e. The molecular formula is C35H41FN4S. The van der Waals surface area contributed by atoms with Crippen molar-refractivity contribution in [2.75, 3.05) is 12.4 Å². The molecule has 0 saturated carbocycles. The van der Waals surface area contributed by atoms with Crippen LogP contribution in [-0.4, -0.2) is 17.0 Å². The van der Waals surface area contributed by atoms with Crippen LogP contribution in [0.3, 0.4) is 0 Å². The van der Waals surface area contributed by atoms with E-state index in [2.05, 4.69) is 74.8 Å². The van der Waals surface area contributed by atoms with Crippen LogP contribution >= 0.6 is 11.3 Å². The Hall–Kier alpha value is -4.16. The van der Waals surface area contributed by atoms with Gasteiger partial charge in [-0.25, -0.2) is 9.37 Å². The standard InChI is InChI=1S/C35H41FN4S/c1-11-14-28(33-16-15-23(7)41-33)34-25(9)39-35(40-34)24(8)29-19-30(31(36)20-32(29)37-10)26(12-2)18-27(13-3)38-22(6)17-21(4)5/h11-16,18-21,37-38H,1,3,6,8,17H2,2,4-5,7,9-10H3,(H,39,40)/b26-12+,27-18+,28-14-. The van der Waals surface area contributed by atoms with Crippen molar-refractivity contribution >= 4 is 33.7 Å². The van der Waals surface area contributed by atoms with E-state index in [0.29, 0.717) is 34.1 Å². The molecule has 0 unspecified atom stereocenters. The molecule has 1 aromatic carbocycles. The van der Waals surface area contributed by atoms with Crippen molar-refractivity contribution in [2.45, 2.75) is 41.0 Å². The first kappa shape index (κ1) is 31.4. The Morgan fingerprint density at radius 1 is 1.15 bits per heavy atom. The SMILES string of the molecule is C=C/C=C(/c1ccc(C)s1)c1nc(C(=C)c2cc(C(/C=C(\C=C)NC(=C)CC(C)C)=C/C)c(F)cc2NC)[nH]c1C. The number of hydrogen-bond acceptors (Lipinski definition) is 4. The lowest BCUT2D eigenvalue weighted by Crippen LogP contribution is -2.12. The number of anilines is 1. The molecule has 3 aromatic rings. The molecule has 0 fully saturated rings. The molecule has 2 heterocycles. The van der Waals surface area contributed by atoms with Gasteiger partial charge in [0, 0.05) is 61.9 Å². The van der Waals surface area contributed by atoms with E-state index in [0.717, 1.165) is 45.2 Å². The zero-order chi connectivity index (χ0) is 30.3. The summed E-state index contributed by atoms with van der Waals surface area (Å²) in [5, 5.41) is 6.43. The molecule has 0 bridgehead atoms. The Morgan fingerprint density at radius 3 is 2.44 bits per heavy atom. The molecule has 0 spiro atoms. The molecule has 41 heavy (non-hydrogen) atoms. The average Bonchev–Trinajstić information content (AvgIpc) is 3.54. The van der Waals surface area contributed by atoms with Crippen molar-refractivity contribution < 1.29 is 4.39 Å². The molecule has 214 valence electrons. The monoisotopic (exact) mass is 568 g/mol. The topological polar surface area (TPSA) is 52.7 Å². The zero-order valence-electron chi connectivity index (χ0n) is 25.0. The maximum atomic E-state index is 15.5. The lowest BCUT2D eigenvalue weighted by molar-refractivity contribution is 0.622. The number of benzene rings is 1. The smallest absolute Gasteiger partial charge is 0.138 e. The number of nitrogens with zero attached hydrogens (tertiary/aromatic N) is 1. The van der Waals surface area contributed by atoms with Crippen molar-refractivity contribution in [2.24, 2.45) is 5.92 Å². The van der Waals surface area contributed by atoms with Crippen LogP contribution in [-0.2, 0) is 0 Å². The van der Waals surface area contributed by atoms with E-state index in [1.54, 1.807) is 30.5 Å². The zero-order valence-corrected chi connectivity index (χ0v) is 25.9. The number of halogens is 1. The Bertz CT molecular complexity index is 1560. The third-order valence-electron chi connectivity index (χ3n) is 6.55. The number of imidazole rings is 1. The number of hydrogen-bond donors (Lipinski definition) is 3. The van der Waals surface area contributed by atoms with Gasteiger partial charge in [-0.05, 0) is 75.1 Å². The summed E-state index contributed by atoms with van der Waals surface area (Å²) in [7, 11) is 1.77. The first-order valence-electron chi connectivity index (χ1n) is 13.7. The fourth-order valence-electron chi connectivity index (χ4n) is 4.60. The summed E-state index contributed by atoms with van der Waals surface area (Å²) in [6.07, 6.45) is 10.0. The highest BCUT2D eigenvalue weighted by Crippen LogP contribution is 2.35. The van der Waals surface area contributed by atoms with Crippen LogP contribution in [0.15, 0.2) is 92.4 Å². The number of allylic oxidation sites excluding steroid dienone is 7. The third-order valence-corrected chi connectivity index (χ3v) is 7.58. The highest BCUT2D eigenvalue weighted by molar-refractivity contribution is 7.13. The molecule has 2 aromatic heterocycles. The maximum absolute atomic E-state index is 15.5. The van der Waals surface area contributed by atoms with Crippen molar-refractivity contribution in [1.82, 2.24) is 15.3 Å². The lowest BCUT2D eigenvalue weighted by Gasteiger charge is -2.16. The van der Waals surface area contributed by atoms with Gasteiger partial charge in [0.15, 0.2) is 0 Å². The van der Waals surface area contributed by atoms with Crippen LogP contribution in [0.5, 0.6) is 0 Å². The van der Waals surface area contributed by atoms with Crippen LogP contribution in [0, 0.1) is 25.6 Å². The molecular weight excluding hydrogens is 527 g/mol. The van der Waals surface area contributed by atoms with Gasteiger partial charge in [0.25, 0.3) is 0 Å². The van der Waals surface area contributed by atoms with Crippen molar-refractivity contribution in [3.8, 4) is 0 Å². The fraction of sp³-hybridized carbons (Fsp3) is 0.229. The van der Waals surface area contributed by atoms with Crippen molar-refractivity contribution in [3.05, 3.63) is 136 Å². The summed E-state index contributed by atoms with van der Waals surface area (Å²) in [5.74, 6) is 0.733. The third kappa shape index (κ3) is 7.53. The van der Waals surface area contributed by atoms with Crippen molar-refractivity contribution in [1.29, 1.82) is 0 Å². The van der Waals surface area contributed by atoms with Crippen LogP contribution in [0.2, 0.25) is 0 Å². The molecule has 0 saturated heterocycles. The summed E-state index contributed by atoms with van der Waals surface area (Å²) in [6, 6.07) is 7.51. The first-order chi connectivity index (χ1) is 19.5. The van der Waals surface area contributed by atoms with Crippen LogP contribution in [0.4, 0.5) is 10.1 Å². The number of aromatic amines is 1. The summed E-state index contributed by atoms with van der Waals surface area (Å²) in [6.45, 7) is 26.6. The van der Waals surface area contributed by atoms with Gasteiger partial charge in [-0.1, -0.05) is 58.4 Å². The molecule has 3 N–H and O–H groups in total. The second-order valence-electron chi connectivity index (χ2n) is 10.3. The van der Waals surface area contributed by atoms with Gasteiger partial charge in [0.05, 0.1) is 5.69 Å². The molecule has 0 atom stereocenters. The van der Waals surface area contributed by atoms with E-state index >= 15 is 4.39 Å². The first-order valence-corrected chi connectivity index (χ1v) is 14.5. The largest absolute Gasteiger partial charge is 0.388 e. The number of nitrogens with one attached hydrogen (secondary N) is 3. The number of rotatable bonds is 13. The number of aromatic nitrogens is 2. The van der Waals surface area contributed by atoms with Crippen LogP contribution in [0.25, 0.3) is 16.7 Å². The average molecular weight is 569 g/mol. The summed E-state index contributed by atoms with van der Waals surface area (Å²) in [5.41, 5.74) is 7.53.